The maximum Gasteiger partial charge on any atom is 0.122 e. The summed E-state index contributed by atoms with van der Waals surface area (Å²) in [5.41, 5.74) is 8.38. The van der Waals surface area contributed by atoms with Crippen molar-refractivity contribution in [2.45, 2.75) is 39.3 Å². The van der Waals surface area contributed by atoms with Gasteiger partial charge in [-0.25, -0.2) is 0 Å². The van der Waals surface area contributed by atoms with Crippen LogP contribution in [-0.2, 0) is 13.0 Å². The molecule has 0 heterocycles. The number of hydrogen-bond donors (Lipinski definition) is 1. The van der Waals surface area contributed by atoms with Gasteiger partial charge in [-0.05, 0) is 44.5 Å². The van der Waals surface area contributed by atoms with Crippen LogP contribution in [0.2, 0.25) is 0 Å². The lowest BCUT2D eigenvalue weighted by Gasteiger charge is -2.34. The van der Waals surface area contributed by atoms with Crippen LogP contribution in [0, 0.1) is 0 Å². The predicted molar refractivity (Wildman–Crippen MR) is 77.0 cm³/mol. The van der Waals surface area contributed by atoms with E-state index >= 15 is 0 Å². The van der Waals surface area contributed by atoms with E-state index in [9.17, 15) is 0 Å². The summed E-state index contributed by atoms with van der Waals surface area (Å²) < 4.78 is 5.35. The number of hydrogen-bond acceptors (Lipinski definition) is 3. The molecule has 3 nitrogen and oxygen atoms in total. The van der Waals surface area contributed by atoms with Gasteiger partial charge in [0.05, 0.1) is 7.11 Å². The summed E-state index contributed by atoms with van der Waals surface area (Å²) >= 11 is 0. The Balaban J connectivity index is 2.86. The van der Waals surface area contributed by atoms with E-state index in [2.05, 4.69) is 50.9 Å². The van der Waals surface area contributed by atoms with Crippen LogP contribution in [0.3, 0.4) is 0 Å². The van der Waals surface area contributed by atoms with Crippen LogP contribution in [0.5, 0.6) is 5.75 Å². The third-order valence-corrected chi connectivity index (χ3v) is 3.68. The topological polar surface area (TPSA) is 38.5 Å². The van der Waals surface area contributed by atoms with E-state index in [1.807, 2.05) is 0 Å². The summed E-state index contributed by atoms with van der Waals surface area (Å²) in [7, 11) is 3.83. The molecular formula is C15H26N2O. The zero-order valence-electron chi connectivity index (χ0n) is 12.3. The maximum absolute atomic E-state index is 5.80. The fourth-order valence-corrected chi connectivity index (χ4v) is 1.85. The molecule has 0 atom stereocenters. The second-order valence-corrected chi connectivity index (χ2v) is 5.37. The van der Waals surface area contributed by atoms with Gasteiger partial charge in [0.15, 0.2) is 0 Å². The van der Waals surface area contributed by atoms with Gasteiger partial charge >= 0.3 is 0 Å². The fourth-order valence-electron chi connectivity index (χ4n) is 1.85. The first kappa shape index (κ1) is 15.0. The molecule has 2 N–H and O–H groups in total. The molecule has 0 aromatic heterocycles. The highest BCUT2D eigenvalue weighted by Crippen LogP contribution is 2.22. The fraction of sp³-hybridized carbons (Fsp3) is 0.600. The lowest BCUT2D eigenvalue weighted by atomic mass is 10.0. The average molecular weight is 250 g/mol. The van der Waals surface area contributed by atoms with E-state index in [1.165, 1.54) is 11.1 Å². The Labute approximate surface area is 111 Å². The molecule has 102 valence electrons. The molecule has 0 fully saturated rings. The minimum Gasteiger partial charge on any atom is -0.496 e. The van der Waals surface area contributed by atoms with E-state index in [4.69, 9.17) is 10.5 Å². The van der Waals surface area contributed by atoms with Crippen molar-refractivity contribution in [1.29, 1.82) is 0 Å². The maximum atomic E-state index is 5.80. The first-order valence-electron chi connectivity index (χ1n) is 6.51. The Bertz CT molecular complexity index is 388. The molecule has 0 amide bonds. The number of nitrogens with two attached hydrogens (primary N) is 1. The second-order valence-electron chi connectivity index (χ2n) is 5.37. The number of nitrogens with zero attached hydrogens (tertiary/aromatic N) is 1. The first-order valence-corrected chi connectivity index (χ1v) is 6.51. The molecule has 1 aromatic carbocycles. The molecule has 3 heteroatoms. The minimum atomic E-state index is 0.0201. The third kappa shape index (κ3) is 3.47. The Hall–Kier alpha value is -1.06. The smallest absolute Gasteiger partial charge is 0.122 e. The van der Waals surface area contributed by atoms with Crippen molar-refractivity contribution in [3.63, 3.8) is 0 Å². The molecule has 0 unspecified atom stereocenters. The van der Waals surface area contributed by atoms with Gasteiger partial charge in [-0.3, -0.25) is 4.90 Å². The zero-order valence-corrected chi connectivity index (χ0v) is 12.3. The zero-order chi connectivity index (χ0) is 13.8. The van der Waals surface area contributed by atoms with Crippen molar-refractivity contribution in [2.24, 2.45) is 5.73 Å². The van der Waals surface area contributed by atoms with E-state index in [0.717, 1.165) is 18.7 Å². The predicted octanol–water partition coefficient (Wildman–Crippen LogP) is 2.43. The standard InChI is InChI=1S/C15H26N2O/c1-6-13-9-12(7-8-14(13)18-5)10-17(4)15(2,3)11-16/h7-9H,6,10-11,16H2,1-5H3. The Morgan fingerprint density at radius 3 is 2.50 bits per heavy atom. The molecule has 18 heavy (non-hydrogen) atoms. The molecule has 1 aromatic rings. The minimum absolute atomic E-state index is 0.0201. The summed E-state index contributed by atoms with van der Waals surface area (Å²) in [5.74, 6) is 0.974. The molecule has 0 aliphatic heterocycles. The normalized spacial score (nSPS) is 11.9. The van der Waals surface area contributed by atoms with Crippen LogP contribution in [0.15, 0.2) is 18.2 Å². The van der Waals surface area contributed by atoms with Crippen molar-refractivity contribution >= 4 is 0 Å². The Morgan fingerprint density at radius 2 is 2.00 bits per heavy atom. The van der Waals surface area contributed by atoms with Gasteiger partial charge in [-0.2, -0.15) is 0 Å². The number of likely N-dealkylation sites (N-methyl/N-ethyl adjacent to an activating group) is 1. The first-order chi connectivity index (χ1) is 8.44. The van der Waals surface area contributed by atoms with E-state index in [1.54, 1.807) is 7.11 Å². The van der Waals surface area contributed by atoms with E-state index < -0.39 is 0 Å². The van der Waals surface area contributed by atoms with Gasteiger partial charge in [0.2, 0.25) is 0 Å². The lowest BCUT2D eigenvalue weighted by molar-refractivity contribution is 0.155. The molecule has 0 aliphatic carbocycles. The van der Waals surface area contributed by atoms with Gasteiger partial charge in [0.25, 0.3) is 0 Å². The van der Waals surface area contributed by atoms with Gasteiger partial charge in [0, 0.05) is 18.6 Å². The second kappa shape index (κ2) is 6.21. The van der Waals surface area contributed by atoms with Gasteiger partial charge in [-0.15, -0.1) is 0 Å². The molecule has 1 rings (SSSR count). The molecular weight excluding hydrogens is 224 g/mol. The van der Waals surface area contributed by atoms with E-state index in [0.29, 0.717) is 6.54 Å². The largest absolute Gasteiger partial charge is 0.496 e. The molecule has 0 radical (unpaired) electrons. The number of ether oxygens (including phenoxy) is 1. The van der Waals surface area contributed by atoms with Crippen molar-refractivity contribution < 1.29 is 4.74 Å². The van der Waals surface area contributed by atoms with E-state index in [-0.39, 0.29) is 5.54 Å². The number of rotatable bonds is 6. The molecule has 0 bridgehead atoms. The summed E-state index contributed by atoms with van der Waals surface area (Å²) in [6, 6.07) is 6.40. The monoisotopic (exact) mass is 250 g/mol. The van der Waals surface area contributed by atoms with Crippen LogP contribution < -0.4 is 10.5 Å². The summed E-state index contributed by atoms with van der Waals surface area (Å²) in [4.78, 5) is 2.29. The van der Waals surface area contributed by atoms with Crippen molar-refractivity contribution in [1.82, 2.24) is 4.90 Å². The summed E-state index contributed by atoms with van der Waals surface area (Å²) in [5, 5.41) is 0. The lowest BCUT2D eigenvalue weighted by Crippen LogP contribution is -2.46. The van der Waals surface area contributed by atoms with Crippen molar-refractivity contribution in [3.05, 3.63) is 29.3 Å². The van der Waals surface area contributed by atoms with Gasteiger partial charge in [-0.1, -0.05) is 19.1 Å². The SMILES string of the molecule is CCc1cc(CN(C)C(C)(C)CN)ccc1OC. The molecule has 0 aliphatic rings. The average Bonchev–Trinajstić information content (AvgIpc) is 2.38. The molecule has 0 saturated heterocycles. The van der Waals surface area contributed by atoms with Crippen molar-refractivity contribution in [3.8, 4) is 5.75 Å². The summed E-state index contributed by atoms with van der Waals surface area (Å²) in [6.45, 7) is 8.03. The van der Waals surface area contributed by atoms with Crippen LogP contribution in [-0.4, -0.2) is 31.1 Å². The quantitative estimate of drug-likeness (QED) is 0.842. The van der Waals surface area contributed by atoms with Gasteiger partial charge in [0.1, 0.15) is 5.75 Å². The third-order valence-electron chi connectivity index (χ3n) is 3.68. The Kier molecular flexibility index (Phi) is 5.17. The summed E-state index contributed by atoms with van der Waals surface area (Å²) in [6.07, 6.45) is 0.987. The number of benzene rings is 1. The Morgan fingerprint density at radius 1 is 1.33 bits per heavy atom. The highest BCUT2D eigenvalue weighted by molar-refractivity contribution is 5.37. The molecule has 0 spiro atoms. The van der Waals surface area contributed by atoms with Gasteiger partial charge < -0.3 is 10.5 Å². The van der Waals surface area contributed by atoms with Crippen LogP contribution >= 0.6 is 0 Å². The number of aryl methyl sites for hydroxylation is 1. The molecule has 0 saturated carbocycles. The highest BCUT2D eigenvalue weighted by Gasteiger charge is 2.21. The highest BCUT2D eigenvalue weighted by atomic mass is 16.5. The van der Waals surface area contributed by atoms with Crippen LogP contribution in [0.4, 0.5) is 0 Å². The van der Waals surface area contributed by atoms with Crippen LogP contribution in [0.25, 0.3) is 0 Å². The number of methoxy groups -OCH3 is 1. The van der Waals surface area contributed by atoms with Crippen LogP contribution in [0.1, 0.15) is 31.9 Å². The van der Waals surface area contributed by atoms with Crippen molar-refractivity contribution in [2.75, 3.05) is 20.7 Å².